The van der Waals surface area contributed by atoms with E-state index in [2.05, 4.69) is 24.4 Å². The Hall–Kier alpha value is -1.00. The Morgan fingerprint density at radius 1 is 1.42 bits per heavy atom. The third-order valence-electron chi connectivity index (χ3n) is 3.26. The highest BCUT2D eigenvalue weighted by atomic mass is 32.2. The first-order valence-electron chi connectivity index (χ1n) is 6.44. The zero-order valence-corrected chi connectivity index (χ0v) is 12.9. The number of methoxy groups -OCH3 is 1. The Morgan fingerprint density at radius 2 is 2.05 bits per heavy atom. The number of rotatable bonds is 7. The zero-order chi connectivity index (χ0) is 14.3. The van der Waals surface area contributed by atoms with Gasteiger partial charge in [0.25, 0.3) is 0 Å². The topological polar surface area (TPSA) is 38.3 Å². The number of esters is 1. The molecular weight excluding hydrogens is 258 g/mol. The molecule has 0 bridgehead atoms. The second-order valence-corrected chi connectivity index (χ2v) is 6.31. The van der Waals surface area contributed by atoms with Crippen molar-refractivity contribution in [1.29, 1.82) is 0 Å². The second-order valence-electron chi connectivity index (χ2n) is 4.89. The summed E-state index contributed by atoms with van der Waals surface area (Å²) in [7, 11) is 3.23. The van der Waals surface area contributed by atoms with Crippen LogP contribution in [0.2, 0.25) is 0 Å². The van der Waals surface area contributed by atoms with Crippen molar-refractivity contribution < 1.29 is 9.53 Å². The van der Waals surface area contributed by atoms with Crippen LogP contribution in [0.15, 0.2) is 30.3 Å². The summed E-state index contributed by atoms with van der Waals surface area (Å²) in [6.45, 7) is 4.03. The molecule has 106 valence electrons. The molecule has 1 aromatic rings. The Bertz CT molecular complexity index is 396. The fourth-order valence-electron chi connectivity index (χ4n) is 1.96. The maximum atomic E-state index is 11.8. The van der Waals surface area contributed by atoms with Gasteiger partial charge in [-0.2, -0.15) is 11.8 Å². The molecule has 0 amide bonds. The standard InChI is InChI=1S/C15H23NO2S/c1-12(10-15(2,16-3)14(17)18-4)19-11-13-8-6-5-7-9-13/h5-9,12,16H,10-11H2,1-4H3. The molecule has 4 heteroatoms. The molecule has 1 N–H and O–H groups in total. The molecule has 0 saturated heterocycles. The van der Waals surface area contributed by atoms with Gasteiger partial charge in [0.1, 0.15) is 5.54 Å². The van der Waals surface area contributed by atoms with E-state index in [-0.39, 0.29) is 5.97 Å². The minimum Gasteiger partial charge on any atom is -0.468 e. The van der Waals surface area contributed by atoms with Crippen molar-refractivity contribution in [1.82, 2.24) is 5.32 Å². The number of hydrogen-bond donors (Lipinski definition) is 1. The van der Waals surface area contributed by atoms with E-state index < -0.39 is 5.54 Å². The molecule has 0 aliphatic heterocycles. The van der Waals surface area contributed by atoms with Gasteiger partial charge in [0.2, 0.25) is 0 Å². The molecule has 0 spiro atoms. The van der Waals surface area contributed by atoms with Gasteiger partial charge in [-0.3, -0.25) is 4.79 Å². The van der Waals surface area contributed by atoms with Gasteiger partial charge in [-0.25, -0.2) is 0 Å². The molecule has 2 unspecified atom stereocenters. The summed E-state index contributed by atoms with van der Waals surface area (Å²) < 4.78 is 4.86. The summed E-state index contributed by atoms with van der Waals surface area (Å²) in [5, 5.41) is 3.44. The Balaban J connectivity index is 2.50. The van der Waals surface area contributed by atoms with Crippen LogP contribution in [0.25, 0.3) is 0 Å². The predicted octanol–water partition coefficient (Wildman–Crippen LogP) is 2.85. The van der Waals surface area contributed by atoms with Gasteiger partial charge < -0.3 is 10.1 Å². The smallest absolute Gasteiger partial charge is 0.325 e. The molecule has 0 aliphatic rings. The van der Waals surface area contributed by atoms with E-state index in [1.165, 1.54) is 12.7 Å². The van der Waals surface area contributed by atoms with Crippen molar-refractivity contribution in [3.63, 3.8) is 0 Å². The first kappa shape index (κ1) is 16.1. The lowest BCUT2D eigenvalue weighted by Gasteiger charge is -2.28. The summed E-state index contributed by atoms with van der Waals surface area (Å²) >= 11 is 1.85. The Labute approximate surface area is 120 Å². The third-order valence-corrected chi connectivity index (χ3v) is 4.50. The molecular formula is C15H23NO2S. The van der Waals surface area contributed by atoms with Crippen molar-refractivity contribution in [3.05, 3.63) is 35.9 Å². The molecule has 0 radical (unpaired) electrons. The SMILES string of the molecule is CNC(C)(CC(C)SCc1ccccc1)C(=O)OC. The van der Waals surface area contributed by atoms with Crippen LogP contribution in [0.4, 0.5) is 0 Å². The van der Waals surface area contributed by atoms with Crippen molar-refractivity contribution in [3.8, 4) is 0 Å². The van der Waals surface area contributed by atoms with E-state index in [0.717, 1.165) is 12.2 Å². The summed E-state index contributed by atoms with van der Waals surface area (Å²) in [5.74, 6) is 0.755. The van der Waals surface area contributed by atoms with Crippen LogP contribution in [0.5, 0.6) is 0 Å². The summed E-state index contributed by atoms with van der Waals surface area (Å²) in [6.07, 6.45) is 0.744. The highest BCUT2D eigenvalue weighted by molar-refractivity contribution is 7.99. The highest BCUT2D eigenvalue weighted by Crippen LogP contribution is 2.25. The maximum Gasteiger partial charge on any atom is 0.325 e. The van der Waals surface area contributed by atoms with Crippen molar-refractivity contribution in [2.75, 3.05) is 14.2 Å². The van der Waals surface area contributed by atoms with Crippen LogP contribution in [-0.4, -0.2) is 30.9 Å². The quantitative estimate of drug-likeness (QED) is 0.780. The van der Waals surface area contributed by atoms with Crippen LogP contribution in [0.1, 0.15) is 25.8 Å². The van der Waals surface area contributed by atoms with Gasteiger partial charge in [0.15, 0.2) is 0 Å². The number of ether oxygens (including phenoxy) is 1. The second kappa shape index (κ2) is 7.56. The summed E-state index contributed by atoms with van der Waals surface area (Å²) in [4.78, 5) is 11.8. The molecule has 19 heavy (non-hydrogen) atoms. The number of hydrogen-bond acceptors (Lipinski definition) is 4. The molecule has 0 aromatic heterocycles. The van der Waals surface area contributed by atoms with Gasteiger partial charge in [0.05, 0.1) is 7.11 Å². The van der Waals surface area contributed by atoms with Crippen LogP contribution in [-0.2, 0) is 15.3 Å². The molecule has 3 nitrogen and oxygen atoms in total. The predicted molar refractivity (Wildman–Crippen MR) is 81.3 cm³/mol. The lowest BCUT2D eigenvalue weighted by molar-refractivity contribution is -0.147. The first-order valence-corrected chi connectivity index (χ1v) is 7.49. The molecule has 2 atom stereocenters. The average Bonchev–Trinajstić information content (AvgIpc) is 2.45. The maximum absolute atomic E-state index is 11.8. The fraction of sp³-hybridized carbons (Fsp3) is 0.533. The summed E-state index contributed by atoms with van der Waals surface area (Å²) in [5.41, 5.74) is 0.696. The number of carbonyl (C=O) groups excluding carboxylic acids is 1. The highest BCUT2D eigenvalue weighted by Gasteiger charge is 2.34. The van der Waals surface area contributed by atoms with Gasteiger partial charge in [-0.05, 0) is 26.0 Å². The normalized spacial score (nSPS) is 15.6. The van der Waals surface area contributed by atoms with E-state index in [9.17, 15) is 4.79 Å². The molecule has 0 heterocycles. The minimum absolute atomic E-state index is 0.206. The summed E-state index contributed by atoms with van der Waals surface area (Å²) in [6, 6.07) is 10.4. The van der Waals surface area contributed by atoms with Gasteiger partial charge in [0, 0.05) is 11.0 Å². The third kappa shape index (κ3) is 4.88. The molecule has 0 aliphatic carbocycles. The average molecular weight is 281 g/mol. The van der Waals surface area contributed by atoms with E-state index in [0.29, 0.717) is 5.25 Å². The first-order chi connectivity index (χ1) is 9.01. The molecule has 0 saturated carbocycles. The number of carbonyl (C=O) groups is 1. The number of nitrogens with one attached hydrogen (secondary N) is 1. The van der Waals surface area contributed by atoms with Crippen LogP contribution in [0, 0.1) is 0 Å². The fourth-order valence-corrected chi connectivity index (χ4v) is 3.08. The van der Waals surface area contributed by atoms with Crippen molar-refractivity contribution >= 4 is 17.7 Å². The Kier molecular flexibility index (Phi) is 6.38. The van der Waals surface area contributed by atoms with E-state index >= 15 is 0 Å². The zero-order valence-electron chi connectivity index (χ0n) is 12.1. The lowest BCUT2D eigenvalue weighted by atomic mass is 9.96. The lowest BCUT2D eigenvalue weighted by Crippen LogP contribution is -2.49. The number of likely N-dealkylation sites (N-methyl/N-ethyl adjacent to an activating group) is 1. The van der Waals surface area contributed by atoms with Crippen molar-refractivity contribution in [2.24, 2.45) is 0 Å². The monoisotopic (exact) mass is 281 g/mol. The van der Waals surface area contributed by atoms with Gasteiger partial charge in [-0.1, -0.05) is 37.3 Å². The molecule has 1 rings (SSSR count). The molecule has 1 aromatic carbocycles. The van der Waals surface area contributed by atoms with E-state index in [1.807, 2.05) is 36.9 Å². The molecule has 0 fully saturated rings. The van der Waals surface area contributed by atoms with Gasteiger partial charge in [-0.15, -0.1) is 0 Å². The number of benzene rings is 1. The van der Waals surface area contributed by atoms with Crippen LogP contribution >= 0.6 is 11.8 Å². The van der Waals surface area contributed by atoms with E-state index in [1.54, 1.807) is 7.05 Å². The van der Waals surface area contributed by atoms with Crippen LogP contribution in [0.3, 0.4) is 0 Å². The minimum atomic E-state index is -0.613. The van der Waals surface area contributed by atoms with Gasteiger partial charge >= 0.3 is 5.97 Å². The van der Waals surface area contributed by atoms with Crippen molar-refractivity contribution in [2.45, 2.75) is 36.8 Å². The van der Waals surface area contributed by atoms with E-state index in [4.69, 9.17) is 4.74 Å². The van der Waals surface area contributed by atoms with Crippen LogP contribution < -0.4 is 5.32 Å². The number of thioether (sulfide) groups is 1. The Morgan fingerprint density at radius 3 is 2.58 bits per heavy atom. The largest absolute Gasteiger partial charge is 0.468 e.